The Bertz CT molecular complexity index is 385. The van der Waals surface area contributed by atoms with Gasteiger partial charge in [-0.15, -0.1) is 0 Å². The quantitative estimate of drug-likeness (QED) is 0.655. The largest absolute Gasteiger partial charge is 0.328 e. The fraction of sp³-hybridized carbons (Fsp3) is 0.625. The summed E-state index contributed by atoms with van der Waals surface area (Å²) < 4.78 is 25.8. The SMILES string of the molecule is CC(N)CC(C)NS(=O)(=O)c1ccn[nH]1. The molecule has 4 N–H and O–H groups in total. The first-order valence-corrected chi connectivity index (χ1v) is 6.17. The van der Waals surface area contributed by atoms with Crippen molar-refractivity contribution in [2.24, 2.45) is 5.73 Å². The predicted molar refractivity (Wildman–Crippen MR) is 56.6 cm³/mol. The molecule has 0 fully saturated rings. The maximum atomic E-state index is 11.7. The molecule has 0 spiro atoms. The molecule has 2 unspecified atom stereocenters. The smallest absolute Gasteiger partial charge is 0.257 e. The highest BCUT2D eigenvalue weighted by Crippen LogP contribution is 2.05. The third-order valence-corrected chi connectivity index (χ3v) is 3.37. The normalized spacial score (nSPS) is 16.2. The molecule has 0 saturated heterocycles. The number of sulfonamides is 1. The molecule has 0 radical (unpaired) electrons. The Balaban J connectivity index is 2.66. The number of H-pyrrole nitrogens is 1. The van der Waals surface area contributed by atoms with Gasteiger partial charge in [-0.3, -0.25) is 5.10 Å². The molecule has 2 atom stereocenters. The standard InChI is InChI=1S/C8H16N4O2S/c1-6(9)5-7(2)12-15(13,14)8-3-4-10-11-8/h3-4,6-7,12H,5,9H2,1-2H3,(H,10,11). The number of nitrogens with zero attached hydrogens (tertiary/aromatic N) is 1. The highest BCUT2D eigenvalue weighted by Gasteiger charge is 2.18. The summed E-state index contributed by atoms with van der Waals surface area (Å²) >= 11 is 0. The van der Waals surface area contributed by atoms with Gasteiger partial charge in [0.25, 0.3) is 10.0 Å². The lowest BCUT2D eigenvalue weighted by Crippen LogP contribution is -2.36. The Labute approximate surface area is 89.3 Å². The van der Waals surface area contributed by atoms with Crippen molar-refractivity contribution in [1.82, 2.24) is 14.9 Å². The second-order valence-corrected chi connectivity index (χ2v) is 5.34. The zero-order valence-electron chi connectivity index (χ0n) is 8.77. The summed E-state index contributed by atoms with van der Waals surface area (Å²) in [6, 6.07) is 1.17. The van der Waals surface area contributed by atoms with E-state index in [1.165, 1.54) is 12.3 Å². The molecule has 0 saturated carbocycles. The lowest BCUT2D eigenvalue weighted by Gasteiger charge is -2.14. The van der Waals surface area contributed by atoms with E-state index in [0.29, 0.717) is 6.42 Å². The van der Waals surface area contributed by atoms with Crippen molar-refractivity contribution in [2.75, 3.05) is 0 Å². The van der Waals surface area contributed by atoms with E-state index in [0.717, 1.165) is 0 Å². The van der Waals surface area contributed by atoms with Crippen LogP contribution in [0.5, 0.6) is 0 Å². The summed E-state index contributed by atoms with van der Waals surface area (Å²) in [6.07, 6.45) is 1.98. The first-order valence-electron chi connectivity index (χ1n) is 4.69. The van der Waals surface area contributed by atoms with Crippen LogP contribution in [-0.2, 0) is 10.0 Å². The second-order valence-electron chi connectivity index (χ2n) is 3.66. The highest BCUT2D eigenvalue weighted by molar-refractivity contribution is 7.89. The number of aromatic nitrogens is 2. The average Bonchev–Trinajstić information content (AvgIpc) is 2.51. The van der Waals surface area contributed by atoms with E-state index >= 15 is 0 Å². The van der Waals surface area contributed by atoms with Crippen LogP contribution in [0.3, 0.4) is 0 Å². The zero-order chi connectivity index (χ0) is 11.5. The predicted octanol–water partition coefficient (Wildman–Crippen LogP) is -0.186. The van der Waals surface area contributed by atoms with Gasteiger partial charge < -0.3 is 5.73 Å². The summed E-state index contributed by atoms with van der Waals surface area (Å²) in [4.78, 5) is 0. The zero-order valence-corrected chi connectivity index (χ0v) is 9.58. The minimum atomic E-state index is -3.49. The van der Waals surface area contributed by atoms with Gasteiger partial charge in [-0.25, -0.2) is 13.1 Å². The van der Waals surface area contributed by atoms with Crippen LogP contribution in [0.1, 0.15) is 20.3 Å². The number of nitrogens with one attached hydrogen (secondary N) is 2. The Morgan fingerprint density at radius 1 is 1.60 bits per heavy atom. The minimum Gasteiger partial charge on any atom is -0.328 e. The molecule has 0 aliphatic heterocycles. The van der Waals surface area contributed by atoms with Crippen LogP contribution in [0.2, 0.25) is 0 Å². The molecule has 6 nitrogen and oxygen atoms in total. The van der Waals surface area contributed by atoms with Crippen LogP contribution in [0.15, 0.2) is 17.3 Å². The fourth-order valence-corrected chi connectivity index (χ4v) is 2.49. The van der Waals surface area contributed by atoms with Crippen LogP contribution >= 0.6 is 0 Å². The Hall–Kier alpha value is -0.920. The number of hydrogen-bond acceptors (Lipinski definition) is 4. The van der Waals surface area contributed by atoms with Crippen molar-refractivity contribution in [2.45, 2.75) is 37.4 Å². The Morgan fingerprint density at radius 3 is 2.73 bits per heavy atom. The van der Waals surface area contributed by atoms with E-state index in [2.05, 4.69) is 14.9 Å². The molecule has 0 aromatic carbocycles. The summed E-state index contributed by atoms with van der Waals surface area (Å²) in [5, 5.41) is 6.06. The number of hydrogen-bond donors (Lipinski definition) is 3. The molecular formula is C8H16N4O2S. The third kappa shape index (κ3) is 3.61. The first kappa shape index (κ1) is 12.2. The van der Waals surface area contributed by atoms with Crippen molar-refractivity contribution in [3.63, 3.8) is 0 Å². The summed E-state index contributed by atoms with van der Waals surface area (Å²) in [5.41, 5.74) is 5.58. The molecule has 0 bridgehead atoms. The molecule has 1 heterocycles. The molecule has 0 aliphatic rings. The first-order chi connectivity index (χ1) is 6.92. The lowest BCUT2D eigenvalue weighted by molar-refractivity contribution is 0.517. The van der Waals surface area contributed by atoms with E-state index in [9.17, 15) is 8.42 Å². The molecule has 1 aromatic rings. The van der Waals surface area contributed by atoms with E-state index in [1.807, 2.05) is 6.92 Å². The van der Waals surface area contributed by atoms with Gasteiger partial charge in [-0.2, -0.15) is 5.10 Å². The summed E-state index contributed by atoms with van der Waals surface area (Å²) in [5.74, 6) is 0. The van der Waals surface area contributed by atoms with Crippen LogP contribution in [0, 0.1) is 0 Å². The van der Waals surface area contributed by atoms with Gasteiger partial charge in [0, 0.05) is 12.1 Å². The number of aromatic amines is 1. The lowest BCUT2D eigenvalue weighted by atomic mass is 10.1. The maximum absolute atomic E-state index is 11.7. The van der Waals surface area contributed by atoms with Crippen molar-refractivity contribution < 1.29 is 8.42 Å². The molecule has 1 aromatic heterocycles. The molecule has 7 heteroatoms. The van der Waals surface area contributed by atoms with E-state index in [-0.39, 0.29) is 17.1 Å². The Morgan fingerprint density at radius 2 is 2.27 bits per heavy atom. The van der Waals surface area contributed by atoms with Gasteiger partial charge in [0.1, 0.15) is 0 Å². The van der Waals surface area contributed by atoms with Crippen LogP contribution in [-0.4, -0.2) is 30.7 Å². The highest BCUT2D eigenvalue weighted by atomic mass is 32.2. The molecular weight excluding hydrogens is 216 g/mol. The molecule has 0 amide bonds. The maximum Gasteiger partial charge on any atom is 0.257 e. The van der Waals surface area contributed by atoms with Crippen LogP contribution < -0.4 is 10.5 Å². The van der Waals surface area contributed by atoms with Crippen LogP contribution in [0.25, 0.3) is 0 Å². The van der Waals surface area contributed by atoms with Gasteiger partial charge >= 0.3 is 0 Å². The van der Waals surface area contributed by atoms with Crippen LogP contribution in [0.4, 0.5) is 0 Å². The van der Waals surface area contributed by atoms with Gasteiger partial charge in [0.05, 0.1) is 6.20 Å². The fourth-order valence-electron chi connectivity index (χ4n) is 1.33. The van der Waals surface area contributed by atoms with Gasteiger partial charge in [0.2, 0.25) is 0 Å². The van der Waals surface area contributed by atoms with Crippen molar-refractivity contribution in [3.8, 4) is 0 Å². The topological polar surface area (TPSA) is 101 Å². The van der Waals surface area contributed by atoms with Gasteiger partial charge in [-0.05, 0) is 26.3 Å². The Kier molecular flexibility index (Phi) is 3.83. The van der Waals surface area contributed by atoms with E-state index < -0.39 is 10.0 Å². The third-order valence-electron chi connectivity index (χ3n) is 1.85. The van der Waals surface area contributed by atoms with Gasteiger partial charge in [-0.1, -0.05) is 0 Å². The second kappa shape index (κ2) is 4.73. The van der Waals surface area contributed by atoms with Crippen molar-refractivity contribution >= 4 is 10.0 Å². The summed E-state index contributed by atoms with van der Waals surface area (Å²) in [6.45, 7) is 3.61. The van der Waals surface area contributed by atoms with Gasteiger partial charge in [0.15, 0.2) is 5.03 Å². The number of rotatable bonds is 5. The van der Waals surface area contributed by atoms with E-state index in [1.54, 1.807) is 6.92 Å². The number of nitrogens with two attached hydrogens (primary N) is 1. The van der Waals surface area contributed by atoms with Crippen molar-refractivity contribution in [3.05, 3.63) is 12.3 Å². The minimum absolute atomic E-state index is 0.0375. The summed E-state index contributed by atoms with van der Waals surface area (Å²) in [7, 11) is -3.49. The molecule has 0 aliphatic carbocycles. The molecule has 15 heavy (non-hydrogen) atoms. The monoisotopic (exact) mass is 232 g/mol. The van der Waals surface area contributed by atoms with E-state index in [4.69, 9.17) is 5.73 Å². The molecule has 1 rings (SSSR count). The average molecular weight is 232 g/mol. The van der Waals surface area contributed by atoms with Crippen molar-refractivity contribution in [1.29, 1.82) is 0 Å². The molecule has 86 valence electrons.